The standard InChI is InChI=1S/C10H16N2O2S/c1-12(2)10(11-15(13)14)8-9-6-4-3-5-7-9/h3-7,10-11H,8H2,1-2H3,(H,13,14)/p-1. The molecule has 0 radical (unpaired) electrons. The van der Waals surface area contributed by atoms with Crippen LogP contribution in [-0.2, 0) is 17.7 Å². The smallest absolute Gasteiger partial charge is 0.0740 e. The maximum absolute atomic E-state index is 10.6. The van der Waals surface area contributed by atoms with Crippen molar-refractivity contribution in [3.8, 4) is 0 Å². The fourth-order valence-corrected chi connectivity index (χ4v) is 1.79. The SMILES string of the molecule is CN(C)C(Cc1ccccc1)NS(=O)[O-]. The molecule has 1 N–H and O–H groups in total. The van der Waals surface area contributed by atoms with Crippen molar-refractivity contribution in [1.29, 1.82) is 0 Å². The molecule has 0 spiro atoms. The van der Waals surface area contributed by atoms with Crippen LogP contribution in [0.4, 0.5) is 0 Å². The second-order valence-corrected chi connectivity index (χ2v) is 4.23. The third-order valence-corrected chi connectivity index (χ3v) is 2.59. The summed E-state index contributed by atoms with van der Waals surface area (Å²) in [5.74, 6) is 0. The zero-order chi connectivity index (χ0) is 11.3. The normalized spacial score (nSPS) is 15.2. The number of likely N-dealkylation sites (N-methyl/N-ethyl adjacent to an activating group) is 1. The van der Waals surface area contributed by atoms with E-state index in [9.17, 15) is 8.76 Å². The quantitative estimate of drug-likeness (QED) is 0.588. The van der Waals surface area contributed by atoms with Crippen LogP contribution in [0, 0.1) is 0 Å². The van der Waals surface area contributed by atoms with Crippen LogP contribution < -0.4 is 4.72 Å². The van der Waals surface area contributed by atoms with Gasteiger partial charge in [0.25, 0.3) is 0 Å². The van der Waals surface area contributed by atoms with Gasteiger partial charge in [0, 0.05) is 17.7 Å². The van der Waals surface area contributed by atoms with Gasteiger partial charge in [-0.15, -0.1) is 0 Å². The van der Waals surface area contributed by atoms with Crippen molar-refractivity contribution in [1.82, 2.24) is 9.62 Å². The molecule has 0 aliphatic heterocycles. The van der Waals surface area contributed by atoms with Crippen LogP contribution in [0.5, 0.6) is 0 Å². The summed E-state index contributed by atoms with van der Waals surface area (Å²) in [6.07, 6.45) is 0.452. The fourth-order valence-electron chi connectivity index (χ4n) is 1.28. The van der Waals surface area contributed by atoms with Gasteiger partial charge in [-0.2, -0.15) is 0 Å². The summed E-state index contributed by atoms with van der Waals surface area (Å²) in [6, 6.07) is 9.78. The second kappa shape index (κ2) is 5.97. The molecule has 0 amide bonds. The van der Waals surface area contributed by atoms with E-state index in [1.807, 2.05) is 49.3 Å². The summed E-state index contributed by atoms with van der Waals surface area (Å²) < 4.78 is 23.6. The summed E-state index contributed by atoms with van der Waals surface area (Å²) in [5, 5.41) is 0. The molecule has 0 heterocycles. The Morgan fingerprint density at radius 1 is 1.40 bits per heavy atom. The molecular weight excluding hydrogens is 212 g/mol. The van der Waals surface area contributed by atoms with Crippen molar-refractivity contribution in [2.75, 3.05) is 14.1 Å². The summed E-state index contributed by atoms with van der Waals surface area (Å²) in [5.41, 5.74) is 1.11. The first-order valence-electron chi connectivity index (χ1n) is 4.65. The lowest BCUT2D eigenvalue weighted by molar-refractivity contribution is 0.274. The molecule has 2 unspecified atom stereocenters. The summed E-state index contributed by atoms with van der Waals surface area (Å²) in [4.78, 5) is 1.84. The zero-order valence-electron chi connectivity index (χ0n) is 8.84. The molecule has 0 aliphatic carbocycles. The van der Waals surface area contributed by atoms with Gasteiger partial charge < -0.3 is 4.55 Å². The molecule has 5 heteroatoms. The zero-order valence-corrected chi connectivity index (χ0v) is 9.66. The number of hydrogen-bond donors (Lipinski definition) is 1. The van der Waals surface area contributed by atoms with Crippen LogP contribution in [-0.4, -0.2) is 33.9 Å². The van der Waals surface area contributed by atoms with Crippen LogP contribution >= 0.6 is 0 Å². The lowest BCUT2D eigenvalue weighted by Gasteiger charge is -2.26. The first-order chi connectivity index (χ1) is 7.09. The largest absolute Gasteiger partial charge is 0.760 e. The van der Waals surface area contributed by atoms with Crippen molar-refractivity contribution < 1.29 is 8.76 Å². The van der Waals surface area contributed by atoms with Gasteiger partial charge in [-0.1, -0.05) is 30.3 Å². The Balaban J connectivity index is 2.63. The minimum absolute atomic E-state index is 0.203. The van der Waals surface area contributed by atoms with Crippen LogP contribution in [0.25, 0.3) is 0 Å². The fraction of sp³-hybridized carbons (Fsp3) is 0.400. The molecule has 15 heavy (non-hydrogen) atoms. The van der Waals surface area contributed by atoms with E-state index < -0.39 is 11.3 Å². The molecule has 0 saturated carbocycles. The molecule has 0 bridgehead atoms. The maximum atomic E-state index is 10.6. The second-order valence-electron chi connectivity index (χ2n) is 3.52. The van der Waals surface area contributed by atoms with Gasteiger partial charge in [-0.05, 0) is 19.7 Å². The molecule has 1 rings (SSSR count). The van der Waals surface area contributed by atoms with E-state index in [1.165, 1.54) is 0 Å². The first-order valence-corrected chi connectivity index (χ1v) is 5.73. The Morgan fingerprint density at radius 2 is 2.00 bits per heavy atom. The van der Waals surface area contributed by atoms with E-state index in [1.54, 1.807) is 0 Å². The van der Waals surface area contributed by atoms with Gasteiger partial charge in [0.2, 0.25) is 0 Å². The third kappa shape index (κ3) is 4.53. The maximum Gasteiger partial charge on any atom is 0.0740 e. The first kappa shape index (κ1) is 12.3. The average Bonchev–Trinajstić information content (AvgIpc) is 2.17. The summed E-state index contributed by atoms with van der Waals surface area (Å²) in [7, 11) is 3.68. The van der Waals surface area contributed by atoms with Crippen LogP contribution in [0.3, 0.4) is 0 Å². The molecule has 1 aromatic carbocycles. The van der Waals surface area contributed by atoms with Crippen molar-refractivity contribution in [3.05, 3.63) is 35.9 Å². The predicted octanol–water partition coefficient (Wildman–Crippen LogP) is 0.501. The minimum Gasteiger partial charge on any atom is -0.760 e. The number of benzene rings is 1. The lowest BCUT2D eigenvalue weighted by atomic mass is 10.1. The van der Waals surface area contributed by atoms with Crippen molar-refractivity contribution in [3.63, 3.8) is 0 Å². The molecule has 1 aromatic rings. The van der Waals surface area contributed by atoms with E-state index in [2.05, 4.69) is 4.72 Å². The highest BCUT2D eigenvalue weighted by molar-refractivity contribution is 7.77. The van der Waals surface area contributed by atoms with E-state index >= 15 is 0 Å². The number of rotatable bonds is 5. The Bertz CT molecular complexity index is 316. The van der Waals surface area contributed by atoms with Gasteiger partial charge in [0.1, 0.15) is 0 Å². The van der Waals surface area contributed by atoms with E-state index in [0.29, 0.717) is 6.42 Å². The Hall–Kier alpha value is -0.750. The molecule has 0 aromatic heterocycles. The predicted molar refractivity (Wildman–Crippen MR) is 59.7 cm³/mol. The van der Waals surface area contributed by atoms with E-state index in [4.69, 9.17) is 0 Å². The monoisotopic (exact) mass is 227 g/mol. The Kier molecular flexibility index (Phi) is 4.90. The van der Waals surface area contributed by atoms with Crippen molar-refractivity contribution in [2.45, 2.75) is 12.6 Å². The van der Waals surface area contributed by atoms with Gasteiger partial charge >= 0.3 is 0 Å². The Labute approximate surface area is 92.7 Å². The number of nitrogens with one attached hydrogen (secondary N) is 1. The molecule has 0 aliphatic rings. The van der Waals surface area contributed by atoms with Crippen LogP contribution in [0.1, 0.15) is 5.56 Å². The van der Waals surface area contributed by atoms with Gasteiger partial charge in [0.15, 0.2) is 0 Å². The van der Waals surface area contributed by atoms with Crippen molar-refractivity contribution >= 4 is 11.3 Å². The molecule has 4 nitrogen and oxygen atoms in total. The minimum atomic E-state index is -2.23. The highest BCUT2D eigenvalue weighted by Crippen LogP contribution is 2.04. The van der Waals surface area contributed by atoms with Gasteiger partial charge in [-0.25, -0.2) is 4.72 Å². The third-order valence-electron chi connectivity index (χ3n) is 2.13. The van der Waals surface area contributed by atoms with Gasteiger partial charge in [0.05, 0.1) is 6.17 Å². The number of hydrogen-bond acceptors (Lipinski definition) is 3. The van der Waals surface area contributed by atoms with E-state index in [0.717, 1.165) is 5.56 Å². The molecule has 2 atom stereocenters. The van der Waals surface area contributed by atoms with Crippen molar-refractivity contribution in [2.24, 2.45) is 0 Å². The highest BCUT2D eigenvalue weighted by atomic mass is 32.2. The summed E-state index contributed by atoms with van der Waals surface area (Å²) >= 11 is -2.23. The van der Waals surface area contributed by atoms with Gasteiger partial charge in [-0.3, -0.25) is 9.11 Å². The molecule has 84 valence electrons. The number of nitrogens with zero attached hydrogens (tertiary/aromatic N) is 1. The van der Waals surface area contributed by atoms with Crippen LogP contribution in [0.15, 0.2) is 30.3 Å². The average molecular weight is 227 g/mol. The molecule has 0 saturated heterocycles. The van der Waals surface area contributed by atoms with Crippen LogP contribution in [0.2, 0.25) is 0 Å². The summed E-state index contributed by atoms with van der Waals surface area (Å²) in [6.45, 7) is 0. The van der Waals surface area contributed by atoms with E-state index in [-0.39, 0.29) is 6.17 Å². The Morgan fingerprint density at radius 3 is 2.47 bits per heavy atom. The molecular formula is C10H15N2O2S-. The highest BCUT2D eigenvalue weighted by Gasteiger charge is 2.10. The topological polar surface area (TPSA) is 55.4 Å². The molecule has 0 fully saturated rings. The lowest BCUT2D eigenvalue weighted by Crippen LogP contribution is -2.43.